The summed E-state index contributed by atoms with van der Waals surface area (Å²) in [5.74, 6) is -1.39. The highest BCUT2D eigenvalue weighted by Gasteiger charge is 2.22. The van der Waals surface area contributed by atoms with Gasteiger partial charge in [-0.05, 0) is 48.6 Å². The van der Waals surface area contributed by atoms with Crippen molar-refractivity contribution in [3.8, 4) is 0 Å². The normalized spacial score (nSPS) is 18.2. The second-order valence-corrected chi connectivity index (χ2v) is 6.72. The van der Waals surface area contributed by atoms with Crippen molar-refractivity contribution in [2.75, 3.05) is 0 Å². The van der Waals surface area contributed by atoms with Crippen LogP contribution in [-0.2, 0) is 28.4 Å². The summed E-state index contributed by atoms with van der Waals surface area (Å²) in [4.78, 5) is 12.8. The summed E-state index contributed by atoms with van der Waals surface area (Å²) in [6, 6.07) is 13.3. The van der Waals surface area contributed by atoms with Crippen LogP contribution in [0, 0.1) is 0 Å². The van der Waals surface area contributed by atoms with Gasteiger partial charge >= 0.3 is 5.97 Å². The lowest BCUT2D eigenvalue weighted by atomic mass is 9.96. The van der Waals surface area contributed by atoms with E-state index >= 15 is 0 Å². The Morgan fingerprint density at radius 2 is 1.76 bits per heavy atom. The van der Waals surface area contributed by atoms with E-state index in [-0.39, 0.29) is 0 Å². The molecule has 21 heavy (non-hydrogen) atoms. The second-order valence-electron chi connectivity index (χ2n) is 5.30. The maximum atomic E-state index is 12.7. The fraction of sp³-hybridized carbons (Fsp3) is 0.235. The first-order chi connectivity index (χ1) is 10.1. The lowest BCUT2D eigenvalue weighted by Gasteiger charge is -2.11. The molecular weight excluding hydrogens is 284 g/mol. The van der Waals surface area contributed by atoms with Crippen LogP contribution in [0.2, 0.25) is 0 Å². The van der Waals surface area contributed by atoms with Crippen LogP contribution in [0.1, 0.15) is 29.5 Å². The van der Waals surface area contributed by atoms with Gasteiger partial charge in [0.25, 0.3) is 0 Å². The molecule has 3 rings (SSSR count). The smallest absolute Gasteiger partial charge is 0.310 e. The average Bonchev–Trinajstić information content (AvgIpc) is 2.64. The Hall–Kier alpha value is -1.94. The summed E-state index contributed by atoms with van der Waals surface area (Å²) in [6.07, 6.45) is 1.62. The summed E-state index contributed by atoms with van der Waals surface area (Å²) in [6.45, 7) is 1.67. The Labute approximate surface area is 126 Å². The van der Waals surface area contributed by atoms with E-state index in [0.717, 1.165) is 39.3 Å². The molecule has 0 radical (unpaired) electrons. The number of hydrogen-bond acceptors (Lipinski definition) is 2. The van der Waals surface area contributed by atoms with E-state index in [1.54, 1.807) is 13.0 Å². The molecule has 0 bridgehead atoms. The molecular formula is C17H16O3S. The average molecular weight is 300 g/mol. The van der Waals surface area contributed by atoms with Crippen LogP contribution in [0.3, 0.4) is 0 Å². The van der Waals surface area contributed by atoms with Gasteiger partial charge in [-0.3, -0.25) is 4.79 Å². The van der Waals surface area contributed by atoms with E-state index < -0.39 is 22.7 Å². The van der Waals surface area contributed by atoms with E-state index in [0.29, 0.717) is 0 Å². The zero-order valence-corrected chi connectivity index (χ0v) is 12.5. The monoisotopic (exact) mass is 300 g/mol. The van der Waals surface area contributed by atoms with Gasteiger partial charge in [-0.25, -0.2) is 4.21 Å². The van der Waals surface area contributed by atoms with Crippen molar-refractivity contribution in [3.05, 3.63) is 59.2 Å². The zero-order chi connectivity index (χ0) is 15.0. The van der Waals surface area contributed by atoms with Crippen molar-refractivity contribution in [2.24, 2.45) is 0 Å². The fourth-order valence-electron chi connectivity index (χ4n) is 2.67. The molecule has 2 aromatic rings. The minimum absolute atomic E-state index is 0.547. The number of fused-ring (bicyclic) bond motifs is 2. The third kappa shape index (κ3) is 2.51. The molecule has 1 heterocycles. The minimum atomic E-state index is -1.19. The Morgan fingerprint density at radius 1 is 1.10 bits per heavy atom. The van der Waals surface area contributed by atoms with Crippen LogP contribution in [0.4, 0.5) is 0 Å². The van der Waals surface area contributed by atoms with Gasteiger partial charge in [0, 0.05) is 9.79 Å². The molecule has 0 amide bonds. The molecule has 0 aliphatic carbocycles. The summed E-state index contributed by atoms with van der Waals surface area (Å²) in [7, 11) is -1.19. The summed E-state index contributed by atoms with van der Waals surface area (Å²) < 4.78 is 12.7. The first-order valence-corrected chi connectivity index (χ1v) is 8.08. The largest absolute Gasteiger partial charge is 0.481 e. The van der Waals surface area contributed by atoms with E-state index in [1.807, 2.05) is 36.4 Å². The maximum Gasteiger partial charge on any atom is 0.310 e. The molecule has 0 spiro atoms. The molecule has 2 aromatic carbocycles. The van der Waals surface area contributed by atoms with Gasteiger partial charge in [-0.1, -0.05) is 30.3 Å². The Morgan fingerprint density at radius 3 is 2.52 bits per heavy atom. The maximum absolute atomic E-state index is 12.7. The van der Waals surface area contributed by atoms with E-state index in [9.17, 15) is 9.00 Å². The van der Waals surface area contributed by atoms with Crippen LogP contribution in [0.25, 0.3) is 0 Å². The molecule has 108 valence electrons. The van der Waals surface area contributed by atoms with Crippen molar-refractivity contribution in [3.63, 3.8) is 0 Å². The van der Waals surface area contributed by atoms with Gasteiger partial charge in [0.15, 0.2) is 0 Å². The third-order valence-electron chi connectivity index (χ3n) is 3.99. The number of carbonyl (C=O) groups is 1. The van der Waals surface area contributed by atoms with Crippen molar-refractivity contribution in [1.82, 2.24) is 0 Å². The Balaban J connectivity index is 2.07. The fourth-order valence-corrected chi connectivity index (χ4v) is 4.10. The lowest BCUT2D eigenvalue weighted by molar-refractivity contribution is -0.138. The minimum Gasteiger partial charge on any atom is -0.481 e. The standard InChI is InChI=1S/C17H16O3S/c1-11(17(18)19)13-8-9-16-14(10-13)7-6-12-4-2-3-5-15(12)21(16)20/h2-5,8-11H,6-7H2,1H3,(H,18,19). The highest BCUT2D eigenvalue weighted by Crippen LogP contribution is 2.30. The van der Waals surface area contributed by atoms with E-state index in [2.05, 4.69) is 0 Å². The summed E-state index contributed by atoms with van der Waals surface area (Å²) in [5.41, 5.74) is 2.87. The zero-order valence-electron chi connectivity index (χ0n) is 11.7. The molecule has 3 nitrogen and oxygen atoms in total. The van der Waals surface area contributed by atoms with Crippen molar-refractivity contribution in [2.45, 2.75) is 35.5 Å². The molecule has 1 aliphatic heterocycles. The van der Waals surface area contributed by atoms with Crippen molar-refractivity contribution < 1.29 is 14.1 Å². The Kier molecular flexibility index (Phi) is 3.64. The second kappa shape index (κ2) is 5.45. The van der Waals surface area contributed by atoms with Gasteiger partial charge in [0.2, 0.25) is 0 Å². The van der Waals surface area contributed by atoms with E-state index in [1.165, 1.54) is 0 Å². The molecule has 0 saturated heterocycles. The van der Waals surface area contributed by atoms with Crippen molar-refractivity contribution >= 4 is 16.8 Å². The highest BCUT2D eigenvalue weighted by molar-refractivity contribution is 7.85. The third-order valence-corrected chi connectivity index (χ3v) is 5.59. The van der Waals surface area contributed by atoms with Gasteiger partial charge in [0.1, 0.15) is 0 Å². The van der Waals surface area contributed by atoms with Gasteiger partial charge in [0.05, 0.1) is 16.7 Å². The first-order valence-electron chi connectivity index (χ1n) is 6.93. The predicted octanol–water partition coefficient (Wildman–Crippen LogP) is 3.14. The number of aryl methyl sites for hydroxylation is 2. The van der Waals surface area contributed by atoms with Crippen LogP contribution in [0.5, 0.6) is 0 Å². The number of aliphatic carboxylic acids is 1. The number of hydrogen-bond donors (Lipinski definition) is 1. The molecule has 1 N–H and O–H groups in total. The highest BCUT2D eigenvalue weighted by atomic mass is 32.2. The molecule has 4 heteroatoms. The van der Waals surface area contributed by atoms with Gasteiger partial charge in [-0.2, -0.15) is 0 Å². The molecule has 1 aliphatic rings. The summed E-state index contributed by atoms with van der Waals surface area (Å²) in [5, 5.41) is 9.13. The van der Waals surface area contributed by atoms with Crippen LogP contribution in [-0.4, -0.2) is 15.3 Å². The van der Waals surface area contributed by atoms with Gasteiger partial charge in [-0.15, -0.1) is 0 Å². The number of benzene rings is 2. The number of carboxylic acid groups (broad SMARTS) is 1. The number of rotatable bonds is 2. The molecule has 0 aromatic heterocycles. The molecule has 0 fully saturated rings. The predicted molar refractivity (Wildman–Crippen MR) is 81.0 cm³/mol. The van der Waals surface area contributed by atoms with E-state index in [4.69, 9.17) is 5.11 Å². The topological polar surface area (TPSA) is 54.4 Å². The van der Waals surface area contributed by atoms with Crippen LogP contribution < -0.4 is 0 Å². The van der Waals surface area contributed by atoms with Crippen LogP contribution in [0.15, 0.2) is 52.3 Å². The molecule has 0 saturated carbocycles. The SMILES string of the molecule is CC(C(=O)O)c1ccc2c(c1)CCc1ccccc1S2=O. The van der Waals surface area contributed by atoms with Gasteiger partial charge < -0.3 is 5.11 Å². The molecule has 2 unspecified atom stereocenters. The lowest BCUT2D eigenvalue weighted by Crippen LogP contribution is -2.08. The Bertz CT molecular complexity index is 737. The quantitative estimate of drug-likeness (QED) is 0.927. The van der Waals surface area contributed by atoms with Crippen molar-refractivity contribution in [1.29, 1.82) is 0 Å². The summed E-state index contributed by atoms with van der Waals surface area (Å²) >= 11 is 0. The first kappa shape index (κ1) is 14.0. The van der Waals surface area contributed by atoms with Crippen LogP contribution >= 0.6 is 0 Å². The number of carboxylic acids is 1. The molecule has 2 atom stereocenters.